The maximum Gasteiger partial charge on any atom is 0.0349 e. The molecule has 0 aliphatic carbocycles. The zero-order valence-corrected chi connectivity index (χ0v) is 15.2. The summed E-state index contributed by atoms with van der Waals surface area (Å²) < 4.78 is 1.19. The van der Waals surface area contributed by atoms with E-state index in [0.29, 0.717) is 6.04 Å². The van der Waals surface area contributed by atoms with E-state index in [1.54, 1.807) is 0 Å². The Bertz CT molecular complexity index is 371. The van der Waals surface area contributed by atoms with E-state index >= 15 is 0 Å². The summed E-state index contributed by atoms with van der Waals surface area (Å²) in [7, 11) is 0. The van der Waals surface area contributed by atoms with Gasteiger partial charge >= 0.3 is 0 Å². The molecular weight excluding hydrogens is 359 g/mol. The Morgan fingerprint density at radius 3 is 2.55 bits per heavy atom. The fourth-order valence-corrected chi connectivity index (χ4v) is 3.08. The minimum absolute atomic E-state index is 0. The van der Waals surface area contributed by atoms with Gasteiger partial charge in [-0.05, 0) is 24.1 Å². The van der Waals surface area contributed by atoms with Crippen molar-refractivity contribution < 1.29 is 0 Å². The third kappa shape index (κ3) is 5.90. The Morgan fingerprint density at radius 1 is 1.25 bits per heavy atom. The van der Waals surface area contributed by atoms with Crippen LogP contribution in [0.3, 0.4) is 0 Å². The van der Waals surface area contributed by atoms with Crippen molar-refractivity contribution in [1.82, 2.24) is 10.2 Å². The lowest BCUT2D eigenvalue weighted by molar-refractivity contribution is 0.163. The Kier molecular flexibility index (Phi) is 11.0. The summed E-state index contributed by atoms with van der Waals surface area (Å²) in [5, 5.41) is 3.44. The van der Waals surface area contributed by atoms with Gasteiger partial charge in [-0.3, -0.25) is 4.90 Å². The topological polar surface area (TPSA) is 15.3 Å². The zero-order valence-electron chi connectivity index (χ0n) is 12.0. The maximum absolute atomic E-state index is 3.59. The first-order valence-corrected chi connectivity index (χ1v) is 7.81. The highest BCUT2D eigenvalue weighted by molar-refractivity contribution is 9.10. The summed E-state index contributed by atoms with van der Waals surface area (Å²) in [6.45, 7) is 6.85. The number of unbranched alkanes of at least 4 members (excludes halogenated alkanes) is 1. The van der Waals surface area contributed by atoms with E-state index in [4.69, 9.17) is 0 Å². The molecular formula is C15H25BrCl2N2. The summed E-state index contributed by atoms with van der Waals surface area (Å²) in [6, 6.07) is 9.40. The second-order valence-corrected chi connectivity index (χ2v) is 5.91. The number of hydrogen-bond acceptors (Lipinski definition) is 2. The summed E-state index contributed by atoms with van der Waals surface area (Å²) in [6.07, 6.45) is 3.85. The molecule has 0 unspecified atom stereocenters. The van der Waals surface area contributed by atoms with Gasteiger partial charge < -0.3 is 5.32 Å². The SMILES string of the molecule is CCCC[C@H](c1cccc(Br)c1)N1CCNCC1.Cl.Cl. The Morgan fingerprint density at radius 2 is 1.95 bits per heavy atom. The van der Waals surface area contributed by atoms with Crippen molar-refractivity contribution in [1.29, 1.82) is 0 Å². The lowest BCUT2D eigenvalue weighted by atomic mass is 9.99. The average Bonchev–Trinajstić information content (AvgIpc) is 2.40. The van der Waals surface area contributed by atoms with Crippen molar-refractivity contribution in [3.8, 4) is 0 Å². The number of rotatable bonds is 5. The summed E-state index contributed by atoms with van der Waals surface area (Å²) >= 11 is 3.59. The molecule has 0 bridgehead atoms. The van der Waals surface area contributed by atoms with Gasteiger partial charge in [-0.2, -0.15) is 0 Å². The maximum atomic E-state index is 3.59. The van der Waals surface area contributed by atoms with Crippen LogP contribution < -0.4 is 5.32 Å². The number of halogens is 3. The van der Waals surface area contributed by atoms with Crippen LogP contribution in [0.2, 0.25) is 0 Å². The lowest BCUT2D eigenvalue weighted by Gasteiger charge is -2.35. The van der Waals surface area contributed by atoms with E-state index in [2.05, 4.69) is 57.3 Å². The van der Waals surface area contributed by atoms with Crippen molar-refractivity contribution in [3.63, 3.8) is 0 Å². The van der Waals surface area contributed by atoms with Crippen LogP contribution in [-0.2, 0) is 0 Å². The van der Waals surface area contributed by atoms with Gasteiger partial charge in [-0.25, -0.2) is 0 Å². The predicted octanol–water partition coefficient (Wildman–Crippen LogP) is 4.43. The first-order chi connectivity index (χ1) is 8.81. The largest absolute Gasteiger partial charge is 0.314 e. The smallest absolute Gasteiger partial charge is 0.0349 e. The fraction of sp³-hybridized carbons (Fsp3) is 0.600. The fourth-order valence-electron chi connectivity index (χ4n) is 2.67. The molecule has 2 rings (SSSR count). The highest BCUT2D eigenvalue weighted by Crippen LogP contribution is 2.28. The van der Waals surface area contributed by atoms with Crippen molar-refractivity contribution in [2.45, 2.75) is 32.2 Å². The van der Waals surface area contributed by atoms with Gasteiger partial charge in [0.25, 0.3) is 0 Å². The number of nitrogens with one attached hydrogen (secondary N) is 1. The first-order valence-electron chi connectivity index (χ1n) is 7.01. The number of nitrogens with zero attached hydrogens (tertiary/aromatic N) is 1. The van der Waals surface area contributed by atoms with Crippen LogP contribution in [0.25, 0.3) is 0 Å². The Hall–Kier alpha value is 0.200. The van der Waals surface area contributed by atoms with E-state index < -0.39 is 0 Å². The molecule has 0 radical (unpaired) electrons. The molecule has 1 aromatic rings. The van der Waals surface area contributed by atoms with Crippen LogP contribution in [0, 0.1) is 0 Å². The molecule has 1 aliphatic heterocycles. The quantitative estimate of drug-likeness (QED) is 0.808. The molecule has 1 atom stereocenters. The monoisotopic (exact) mass is 382 g/mol. The van der Waals surface area contributed by atoms with Crippen LogP contribution in [0.4, 0.5) is 0 Å². The van der Waals surface area contributed by atoms with Gasteiger partial charge in [0, 0.05) is 36.7 Å². The molecule has 0 saturated carbocycles. The number of benzene rings is 1. The molecule has 0 aromatic heterocycles. The molecule has 1 fully saturated rings. The standard InChI is InChI=1S/C15H23BrN2.2ClH/c1-2-3-7-15(18-10-8-17-9-11-18)13-5-4-6-14(16)12-13;;/h4-6,12,15,17H,2-3,7-11H2,1H3;2*1H/t15-;;/m1../s1. The van der Waals surface area contributed by atoms with Crippen LogP contribution in [0.1, 0.15) is 37.8 Å². The Labute approximate surface area is 143 Å². The Balaban J connectivity index is 0.00000180. The van der Waals surface area contributed by atoms with E-state index in [0.717, 1.165) is 13.1 Å². The van der Waals surface area contributed by atoms with Crippen LogP contribution in [-0.4, -0.2) is 31.1 Å². The third-order valence-corrected chi connectivity index (χ3v) is 4.15. The third-order valence-electron chi connectivity index (χ3n) is 3.66. The van der Waals surface area contributed by atoms with E-state index in [-0.39, 0.29) is 24.8 Å². The van der Waals surface area contributed by atoms with E-state index in [9.17, 15) is 0 Å². The number of piperazine rings is 1. The van der Waals surface area contributed by atoms with Gasteiger partial charge in [0.1, 0.15) is 0 Å². The van der Waals surface area contributed by atoms with Gasteiger partial charge in [0.15, 0.2) is 0 Å². The molecule has 0 spiro atoms. The van der Waals surface area contributed by atoms with Gasteiger partial charge in [0.2, 0.25) is 0 Å². The highest BCUT2D eigenvalue weighted by Gasteiger charge is 2.21. The van der Waals surface area contributed by atoms with Crippen molar-refractivity contribution in [3.05, 3.63) is 34.3 Å². The van der Waals surface area contributed by atoms with Crippen LogP contribution in [0.15, 0.2) is 28.7 Å². The molecule has 2 nitrogen and oxygen atoms in total. The molecule has 1 N–H and O–H groups in total. The summed E-state index contributed by atoms with van der Waals surface area (Å²) in [5.41, 5.74) is 1.46. The van der Waals surface area contributed by atoms with Crippen LogP contribution >= 0.6 is 40.7 Å². The zero-order chi connectivity index (χ0) is 12.8. The second-order valence-electron chi connectivity index (χ2n) is 5.00. The van der Waals surface area contributed by atoms with Crippen molar-refractivity contribution in [2.75, 3.05) is 26.2 Å². The van der Waals surface area contributed by atoms with Gasteiger partial charge in [-0.1, -0.05) is 47.8 Å². The molecule has 0 amide bonds. The minimum atomic E-state index is 0. The van der Waals surface area contributed by atoms with Gasteiger partial charge in [-0.15, -0.1) is 24.8 Å². The second kappa shape index (κ2) is 10.9. The lowest BCUT2D eigenvalue weighted by Crippen LogP contribution is -2.45. The molecule has 1 saturated heterocycles. The molecule has 1 aliphatic rings. The average molecular weight is 384 g/mol. The van der Waals surface area contributed by atoms with Gasteiger partial charge in [0.05, 0.1) is 0 Å². The highest BCUT2D eigenvalue weighted by atomic mass is 79.9. The van der Waals surface area contributed by atoms with E-state index in [1.165, 1.54) is 42.4 Å². The summed E-state index contributed by atoms with van der Waals surface area (Å²) in [4.78, 5) is 2.63. The molecule has 20 heavy (non-hydrogen) atoms. The minimum Gasteiger partial charge on any atom is -0.314 e. The number of hydrogen-bond donors (Lipinski definition) is 1. The van der Waals surface area contributed by atoms with Crippen molar-refractivity contribution >= 4 is 40.7 Å². The van der Waals surface area contributed by atoms with Crippen LogP contribution in [0.5, 0.6) is 0 Å². The molecule has 1 heterocycles. The predicted molar refractivity (Wildman–Crippen MR) is 95.3 cm³/mol. The summed E-state index contributed by atoms with van der Waals surface area (Å²) in [5.74, 6) is 0. The normalized spacial score (nSPS) is 16.9. The first kappa shape index (κ1) is 20.2. The van der Waals surface area contributed by atoms with E-state index in [1.807, 2.05) is 0 Å². The molecule has 116 valence electrons. The van der Waals surface area contributed by atoms with Crippen molar-refractivity contribution in [2.24, 2.45) is 0 Å². The molecule has 1 aromatic carbocycles. The molecule has 5 heteroatoms.